The van der Waals surface area contributed by atoms with Crippen molar-refractivity contribution in [3.05, 3.63) is 29.8 Å². The van der Waals surface area contributed by atoms with Gasteiger partial charge in [-0.05, 0) is 49.1 Å². The fraction of sp³-hybridized carbons (Fsp3) is 0.647. The summed E-state index contributed by atoms with van der Waals surface area (Å²) in [5.74, 6) is 2.28. The number of para-hydroxylation sites is 1. The van der Waals surface area contributed by atoms with E-state index in [2.05, 4.69) is 25.1 Å². The van der Waals surface area contributed by atoms with Gasteiger partial charge in [0.2, 0.25) is 0 Å². The number of ether oxygens (including phenoxy) is 1. The molecule has 1 saturated carbocycles. The summed E-state index contributed by atoms with van der Waals surface area (Å²) < 4.78 is 6.02. The van der Waals surface area contributed by atoms with Crippen molar-refractivity contribution < 1.29 is 9.84 Å². The molecule has 4 atom stereocenters. The molecule has 0 saturated heterocycles. The van der Waals surface area contributed by atoms with Gasteiger partial charge in [0.05, 0.1) is 6.10 Å². The first-order chi connectivity index (χ1) is 9.26. The second-order valence-electron chi connectivity index (χ2n) is 6.20. The minimum absolute atomic E-state index is 0.116. The Hall–Kier alpha value is -1.02. The molecule has 1 aliphatic carbocycles. The molecule has 1 aliphatic heterocycles. The second kappa shape index (κ2) is 5.54. The van der Waals surface area contributed by atoms with Crippen molar-refractivity contribution in [1.29, 1.82) is 0 Å². The summed E-state index contributed by atoms with van der Waals surface area (Å²) >= 11 is 0. The molecule has 0 radical (unpaired) electrons. The molecule has 0 aromatic heterocycles. The van der Waals surface area contributed by atoms with Crippen LogP contribution in [0, 0.1) is 11.8 Å². The number of aliphatic hydroxyl groups is 1. The third kappa shape index (κ3) is 2.79. The summed E-state index contributed by atoms with van der Waals surface area (Å²) in [4.78, 5) is 0. The molecule has 2 aliphatic rings. The quantitative estimate of drug-likeness (QED) is 0.900. The van der Waals surface area contributed by atoms with Crippen LogP contribution in [0.2, 0.25) is 0 Å². The van der Waals surface area contributed by atoms with Gasteiger partial charge in [0.15, 0.2) is 0 Å². The average Bonchev–Trinajstić information content (AvgIpc) is 2.83. The number of fused-ring (bicyclic) bond motifs is 1. The molecule has 2 heteroatoms. The smallest absolute Gasteiger partial charge is 0.123 e. The number of aliphatic hydroxyl groups excluding tert-OH is 1. The van der Waals surface area contributed by atoms with Crippen molar-refractivity contribution in [3.8, 4) is 5.75 Å². The summed E-state index contributed by atoms with van der Waals surface area (Å²) in [6.07, 6.45) is 6.76. The third-order valence-electron chi connectivity index (χ3n) is 4.91. The van der Waals surface area contributed by atoms with Crippen LogP contribution >= 0.6 is 0 Å². The molecule has 0 bridgehead atoms. The molecule has 1 heterocycles. The Morgan fingerprint density at radius 2 is 2.11 bits per heavy atom. The summed E-state index contributed by atoms with van der Waals surface area (Å²) in [5, 5.41) is 10.2. The number of hydrogen-bond acceptors (Lipinski definition) is 2. The van der Waals surface area contributed by atoms with Crippen molar-refractivity contribution in [2.75, 3.05) is 0 Å². The van der Waals surface area contributed by atoms with Gasteiger partial charge in [0.25, 0.3) is 0 Å². The molecule has 104 valence electrons. The largest absolute Gasteiger partial charge is 0.490 e. The van der Waals surface area contributed by atoms with Crippen LogP contribution in [-0.2, 0) is 6.42 Å². The topological polar surface area (TPSA) is 29.5 Å². The normalized spacial score (nSPS) is 33.8. The number of rotatable bonds is 3. The average molecular weight is 260 g/mol. The highest BCUT2D eigenvalue weighted by atomic mass is 16.5. The zero-order valence-corrected chi connectivity index (χ0v) is 11.7. The van der Waals surface area contributed by atoms with Crippen LogP contribution in [0.15, 0.2) is 24.3 Å². The summed E-state index contributed by atoms with van der Waals surface area (Å²) in [7, 11) is 0. The molecule has 0 amide bonds. The lowest BCUT2D eigenvalue weighted by molar-refractivity contribution is 0.0248. The van der Waals surface area contributed by atoms with Crippen LogP contribution in [0.1, 0.15) is 44.6 Å². The molecule has 3 rings (SSSR count). The Morgan fingerprint density at radius 3 is 2.89 bits per heavy atom. The highest BCUT2D eigenvalue weighted by molar-refractivity contribution is 5.37. The fourth-order valence-electron chi connectivity index (χ4n) is 3.69. The number of benzene rings is 1. The van der Waals surface area contributed by atoms with E-state index in [-0.39, 0.29) is 12.2 Å². The van der Waals surface area contributed by atoms with E-state index < -0.39 is 0 Å². The summed E-state index contributed by atoms with van der Waals surface area (Å²) in [5.41, 5.74) is 1.32. The first kappa shape index (κ1) is 13.0. The molecule has 2 nitrogen and oxygen atoms in total. The lowest BCUT2D eigenvalue weighted by Crippen LogP contribution is -2.32. The highest BCUT2D eigenvalue weighted by Crippen LogP contribution is 2.37. The lowest BCUT2D eigenvalue weighted by atomic mass is 9.76. The van der Waals surface area contributed by atoms with Gasteiger partial charge in [-0.25, -0.2) is 0 Å². The Balaban J connectivity index is 1.60. The van der Waals surface area contributed by atoms with Crippen molar-refractivity contribution in [2.45, 2.75) is 57.7 Å². The van der Waals surface area contributed by atoms with E-state index >= 15 is 0 Å². The van der Waals surface area contributed by atoms with Crippen molar-refractivity contribution in [1.82, 2.24) is 0 Å². The van der Waals surface area contributed by atoms with Gasteiger partial charge in [0.1, 0.15) is 11.9 Å². The van der Waals surface area contributed by atoms with Gasteiger partial charge in [0, 0.05) is 6.42 Å². The molecular weight excluding hydrogens is 236 g/mol. The van der Waals surface area contributed by atoms with E-state index in [9.17, 15) is 5.11 Å². The molecular formula is C17H24O2. The van der Waals surface area contributed by atoms with E-state index in [0.717, 1.165) is 30.9 Å². The van der Waals surface area contributed by atoms with Crippen molar-refractivity contribution in [2.24, 2.45) is 11.8 Å². The SMILES string of the molecule is CCC1CCC(O)C(CC2Cc3ccccc3O2)C1. The Morgan fingerprint density at radius 1 is 1.26 bits per heavy atom. The Kier molecular flexibility index (Phi) is 3.79. The van der Waals surface area contributed by atoms with E-state index in [1.165, 1.54) is 24.8 Å². The summed E-state index contributed by atoms with van der Waals surface area (Å²) in [6.45, 7) is 2.27. The summed E-state index contributed by atoms with van der Waals surface area (Å²) in [6, 6.07) is 8.32. The second-order valence-corrected chi connectivity index (χ2v) is 6.20. The van der Waals surface area contributed by atoms with E-state index in [4.69, 9.17) is 4.74 Å². The van der Waals surface area contributed by atoms with E-state index in [0.29, 0.717) is 5.92 Å². The molecule has 0 spiro atoms. The van der Waals surface area contributed by atoms with Crippen molar-refractivity contribution in [3.63, 3.8) is 0 Å². The highest BCUT2D eigenvalue weighted by Gasteiger charge is 2.33. The number of hydrogen-bond donors (Lipinski definition) is 1. The van der Waals surface area contributed by atoms with Crippen LogP contribution in [0.4, 0.5) is 0 Å². The van der Waals surface area contributed by atoms with Gasteiger partial charge in [-0.3, -0.25) is 0 Å². The van der Waals surface area contributed by atoms with Crippen molar-refractivity contribution >= 4 is 0 Å². The molecule has 4 unspecified atom stereocenters. The molecule has 1 N–H and O–H groups in total. The molecule has 1 aromatic rings. The Bertz CT molecular complexity index is 404. The van der Waals surface area contributed by atoms with E-state index in [1.54, 1.807) is 0 Å². The van der Waals surface area contributed by atoms with Crippen LogP contribution < -0.4 is 4.74 Å². The zero-order chi connectivity index (χ0) is 13.2. The minimum Gasteiger partial charge on any atom is -0.490 e. The first-order valence-corrected chi connectivity index (χ1v) is 7.69. The standard InChI is InChI=1S/C17H24O2/c1-2-12-7-8-16(18)14(9-12)11-15-10-13-5-3-4-6-17(13)19-15/h3-6,12,14-16,18H,2,7-11H2,1H3. The van der Waals surface area contributed by atoms with Gasteiger partial charge in [-0.15, -0.1) is 0 Å². The van der Waals surface area contributed by atoms with Crippen LogP contribution in [0.25, 0.3) is 0 Å². The maximum Gasteiger partial charge on any atom is 0.123 e. The van der Waals surface area contributed by atoms with Gasteiger partial charge >= 0.3 is 0 Å². The van der Waals surface area contributed by atoms with E-state index in [1.807, 2.05) is 6.07 Å². The maximum atomic E-state index is 10.2. The van der Waals surface area contributed by atoms with Gasteiger partial charge < -0.3 is 9.84 Å². The first-order valence-electron chi connectivity index (χ1n) is 7.69. The molecule has 19 heavy (non-hydrogen) atoms. The Labute approximate surface area is 115 Å². The fourth-order valence-corrected chi connectivity index (χ4v) is 3.69. The van der Waals surface area contributed by atoms with Crippen LogP contribution in [0.5, 0.6) is 5.75 Å². The minimum atomic E-state index is -0.116. The van der Waals surface area contributed by atoms with Gasteiger partial charge in [-0.1, -0.05) is 31.5 Å². The van der Waals surface area contributed by atoms with Gasteiger partial charge in [-0.2, -0.15) is 0 Å². The monoisotopic (exact) mass is 260 g/mol. The maximum absolute atomic E-state index is 10.2. The molecule has 1 aromatic carbocycles. The predicted molar refractivity (Wildman–Crippen MR) is 76.3 cm³/mol. The predicted octanol–water partition coefficient (Wildman–Crippen LogP) is 3.57. The molecule has 1 fully saturated rings. The van der Waals surface area contributed by atoms with Crippen LogP contribution in [-0.4, -0.2) is 17.3 Å². The third-order valence-corrected chi connectivity index (χ3v) is 4.91. The zero-order valence-electron chi connectivity index (χ0n) is 11.7. The van der Waals surface area contributed by atoms with Crippen LogP contribution in [0.3, 0.4) is 0 Å². The lowest BCUT2D eigenvalue weighted by Gasteiger charge is -2.34.